The summed E-state index contributed by atoms with van der Waals surface area (Å²) in [6, 6.07) is 3.94. The Morgan fingerprint density at radius 3 is 3.00 bits per heavy atom. The van der Waals surface area contributed by atoms with Gasteiger partial charge in [-0.25, -0.2) is 9.97 Å². The first kappa shape index (κ1) is 10.4. The molecule has 0 spiro atoms. The molecule has 16 heavy (non-hydrogen) atoms. The molecule has 2 heterocycles. The van der Waals surface area contributed by atoms with Gasteiger partial charge in [0.2, 0.25) is 0 Å². The Balaban J connectivity index is 2.09. The van der Waals surface area contributed by atoms with Gasteiger partial charge in [-0.2, -0.15) is 0 Å². The lowest BCUT2D eigenvalue weighted by Gasteiger charge is -2.08. The molecule has 82 valence electrons. The first-order chi connectivity index (χ1) is 7.77. The van der Waals surface area contributed by atoms with Crippen molar-refractivity contribution in [2.45, 2.75) is 13.5 Å². The number of nitrogen functional groups attached to an aromatic ring is 1. The SMILES string of the molecule is Cc1cccnc1CNc1ncncc1N. The summed E-state index contributed by atoms with van der Waals surface area (Å²) in [5.41, 5.74) is 8.38. The van der Waals surface area contributed by atoms with Crippen LogP contribution in [0.3, 0.4) is 0 Å². The summed E-state index contributed by atoms with van der Waals surface area (Å²) in [5, 5.41) is 3.13. The molecule has 0 saturated heterocycles. The van der Waals surface area contributed by atoms with Crippen molar-refractivity contribution in [3.63, 3.8) is 0 Å². The lowest BCUT2D eigenvalue weighted by atomic mass is 10.2. The van der Waals surface area contributed by atoms with Crippen LogP contribution in [-0.2, 0) is 6.54 Å². The van der Waals surface area contributed by atoms with Gasteiger partial charge in [-0.15, -0.1) is 0 Å². The number of hydrogen-bond acceptors (Lipinski definition) is 5. The zero-order valence-corrected chi connectivity index (χ0v) is 9.01. The van der Waals surface area contributed by atoms with E-state index in [-0.39, 0.29) is 0 Å². The molecule has 0 aromatic carbocycles. The van der Waals surface area contributed by atoms with Gasteiger partial charge < -0.3 is 11.1 Å². The van der Waals surface area contributed by atoms with Crippen LogP contribution in [0.2, 0.25) is 0 Å². The summed E-state index contributed by atoms with van der Waals surface area (Å²) in [4.78, 5) is 12.2. The van der Waals surface area contributed by atoms with Crippen LogP contribution in [0.4, 0.5) is 11.5 Å². The van der Waals surface area contributed by atoms with E-state index in [0.29, 0.717) is 18.1 Å². The first-order valence-electron chi connectivity index (χ1n) is 4.97. The largest absolute Gasteiger partial charge is 0.394 e. The van der Waals surface area contributed by atoms with Crippen molar-refractivity contribution in [1.29, 1.82) is 0 Å². The minimum Gasteiger partial charge on any atom is -0.394 e. The third kappa shape index (κ3) is 2.25. The molecule has 0 fully saturated rings. The molecule has 0 atom stereocenters. The van der Waals surface area contributed by atoms with Crippen LogP contribution in [0.15, 0.2) is 30.9 Å². The molecule has 0 aliphatic rings. The molecule has 0 bridgehead atoms. The van der Waals surface area contributed by atoms with E-state index in [2.05, 4.69) is 20.3 Å². The third-order valence-corrected chi connectivity index (χ3v) is 2.28. The van der Waals surface area contributed by atoms with Crippen molar-refractivity contribution in [2.75, 3.05) is 11.1 Å². The number of nitrogens with two attached hydrogens (primary N) is 1. The second-order valence-corrected chi connectivity index (χ2v) is 3.45. The maximum absolute atomic E-state index is 5.71. The zero-order chi connectivity index (χ0) is 11.4. The fourth-order valence-corrected chi connectivity index (χ4v) is 1.36. The molecule has 3 N–H and O–H groups in total. The highest BCUT2D eigenvalue weighted by Gasteiger charge is 2.02. The zero-order valence-electron chi connectivity index (χ0n) is 9.01. The minimum atomic E-state index is 0.538. The summed E-state index contributed by atoms with van der Waals surface area (Å²) < 4.78 is 0. The van der Waals surface area contributed by atoms with Crippen LogP contribution >= 0.6 is 0 Å². The fourth-order valence-electron chi connectivity index (χ4n) is 1.36. The van der Waals surface area contributed by atoms with Crippen LogP contribution in [0.5, 0.6) is 0 Å². The number of aromatic nitrogens is 3. The molecule has 2 rings (SSSR count). The van der Waals surface area contributed by atoms with Crippen LogP contribution in [0.1, 0.15) is 11.3 Å². The van der Waals surface area contributed by atoms with Crippen LogP contribution in [0.25, 0.3) is 0 Å². The van der Waals surface area contributed by atoms with Crippen molar-refractivity contribution in [3.8, 4) is 0 Å². The highest BCUT2D eigenvalue weighted by molar-refractivity contribution is 5.58. The Bertz CT molecular complexity index is 438. The number of nitrogens with zero attached hydrogens (tertiary/aromatic N) is 3. The summed E-state index contributed by atoms with van der Waals surface area (Å²) >= 11 is 0. The molecule has 2 aromatic rings. The van der Waals surface area contributed by atoms with Crippen LogP contribution in [-0.4, -0.2) is 15.0 Å². The Kier molecular flexibility index (Phi) is 2.95. The van der Waals surface area contributed by atoms with Gasteiger partial charge in [0.05, 0.1) is 24.1 Å². The van der Waals surface area contributed by atoms with Gasteiger partial charge in [0.1, 0.15) is 6.33 Å². The van der Waals surface area contributed by atoms with Gasteiger partial charge in [0.25, 0.3) is 0 Å². The van der Waals surface area contributed by atoms with Crippen LogP contribution < -0.4 is 11.1 Å². The smallest absolute Gasteiger partial charge is 0.152 e. The standard InChI is InChI=1S/C11H13N5/c1-8-3-2-4-14-10(8)6-15-11-9(12)5-13-7-16-11/h2-5,7H,6,12H2,1H3,(H,13,15,16). The predicted molar refractivity (Wildman–Crippen MR) is 62.7 cm³/mol. The fraction of sp³-hybridized carbons (Fsp3) is 0.182. The van der Waals surface area contributed by atoms with Gasteiger partial charge in [0.15, 0.2) is 5.82 Å². The van der Waals surface area contributed by atoms with Crippen molar-refractivity contribution < 1.29 is 0 Å². The van der Waals surface area contributed by atoms with Gasteiger partial charge in [0, 0.05) is 6.20 Å². The normalized spacial score (nSPS) is 10.1. The quantitative estimate of drug-likeness (QED) is 0.808. The molecular weight excluding hydrogens is 202 g/mol. The molecule has 5 heteroatoms. The van der Waals surface area contributed by atoms with E-state index in [0.717, 1.165) is 11.3 Å². The number of nitrogens with one attached hydrogen (secondary N) is 1. The van der Waals surface area contributed by atoms with Crippen molar-refractivity contribution >= 4 is 11.5 Å². The average Bonchev–Trinajstić information content (AvgIpc) is 2.30. The van der Waals surface area contributed by atoms with Gasteiger partial charge in [-0.05, 0) is 18.6 Å². The summed E-state index contributed by atoms with van der Waals surface area (Å²) in [6.45, 7) is 2.63. The molecule has 0 aliphatic carbocycles. The topological polar surface area (TPSA) is 76.7 Å². The van der Waals surface area contributed by atoms with E-state index in [4.69, 9.17) is 5.73 Å². The second kappa shape index (κ2) is 4.57. The maximum Gasteiger partial charge on any atom is 0.152 e. The number of aryl methyl sites for hydroxylation is 1. The summed E-state index contributed by atoms with van der Waals surface area (Å²) in [6.07, 6.45) is 4.80. The van der Waals surface area contributed by atoms with E-state index in [1.165, 1.54) is 6.33 Å². The van der Waals surface area contributed by atoms with Crippen LogP contribution in [0, 0.1) is 6.92 Å². The highest BCUT2D eigenvalue weighted by Crippen LogP contribution is 2.13. The molecular formula is C11H13N5. The number of hydrogen-bond donors (Lipinski definition) is 2. The molecule has 2 aromatic heterocycles. The summed E-state index contributed by atoms with van der Waals surface area (Å²) in [7, 11) is 0. The molecule has 0 unspecified atom stereocenters. The first-order valence-corrected chi connectivity index (χ1v) is 4.97. The molecule has 0 amide bonds. The highest BCUT2D eigenvalue weighted by atomic mass is 15.0. The Morgan fingerprint density at radius 2 is 2.25 bits per heavy atom. The van der Waals surface area contributed by atoms with Crippen molar-refractivity contribution in [1.82, 2.24) is 15.0 Å². The molecule has 0 radical (unpaired) electrons. The van der Waals surface area contributed by atoms with Gasteiger partial charge >= 0.3 is 0 Å². The van der Waals surface area contributed by atoms with Crippen molar-refractivity contribution in [2.24, 2.45) is 0 Å². The lowest BCUT2D eigenvalue weighted by molar-refractivity contribution is 1.00. The lowest BCUT2D eigenvalue weighted by Crippen LogP contribution is -2.07. The monoisotopic (exact) mass is 215 g/mol. The predicted octanol–water partition coefficient (Wildman–Crippen LogP) is 1.37. The molecule has 0 aliphatic heterocycles. The van der Waals surface area contributed by atoms with E-state index in [9.17, 15) is 0 Å². The Morgan fingerprint density at radius 1 is 1.38 bits per heavy atom. The summed E-state index contributed by atoms with van der Waals surface area (Å²) in [5.74, 6) is 0.639. The van der Waals surface area contributed by atoms with E-state index >= 15 is 0 Å². The minimum absolute atomic E-state index is 0.538. The number of rotatable bonds is 3. The second-order valence-electron chi connectivity index (χ2n) is 3.45. The van der Waals surface area contributed by atoms with E-state index in [1.807, 2.05) is 19.1 Å². The molecule has 0 saturated carbocycles. The maximum atomic E-state index is 5.71. The van der Waals surface area contributed by atoms with E-state index < -0.39 is 0 Å². The number of pyridine rings is 1. The van der Waals surface area contributed by atoms with Gasteiger partial charge in [-0.1, -0.05) is 6.07 Å². The Hall–Kier alpha value is -2.17. The molecule has 5 nitrogen and oxygen atoms in total. The third-order valence-electron chi connectivity index (χ3n) is 2.28. The Labute approximate surface area is 93.8 Å². The van der Waals surface area contributed by atoms with E-state index in [1.54, 1.807) is 12.4 Å². The van der Waals surface area contributed by atoms with Gasteiger partial charge in [-0.3, -0.25) is 4.98 Å². The van der Waals surface area contributed by atoms with Crippen molar-refractivity contribution in [3.05, 3.63) is 42.1 Å². The average molecular weight is 215 g/mol. The number of anilines is 2.